The maximum Gasteiger partial charge on any atom is 0.220 e. The highest BCUT2D eigenvalue weighted by Gasteiger charge is 2.29. The van der Waals surface area contributed by atoms with Gasteiger partial charge in [0.05, 0.1) is 5.60 Å². The third-order valence-electron chi connectivity index (χ3n) is 4.50. The first kappa shape index (κ1) is 18.3. The Bertz CT molecular complexity index is 513. The van der Waals surface area contributed by atoms with Crippen molar-refractivity contribution in [1.82, 2.24) is 5.32 Å². The lowest BCUT2D eigenvalue weighted by molar-refractivity contribution is -0.122. The Kier molecular flexibility index (Phi) is 6.15. The highest BCUT2D eigenvalue weighted by molar-refractivity contribution is 7.99. The second kappa shape index (κ2) is 7.71. The van der Waals surface area contributed by atoms with Crippen molar-refractivity contribution in [3.63, 3.8) is 0 Å². The summed E-state index contributed by atoms with van der Waals surface area (Å²) in [6.07, 6.45) is 2.75. The van der Waals surface area contributed by atoms with Gasteiger partial charge in [0.25, 0.3) is 0 Å². The number of amides is 1. The van der Waals surface area contributed by atoms with Crippen molar-refractivity contribution in [3.8, 4) is 0 Å². The summed E-state index contributed by atoms with van der Waals surface area (Å²) in [4.78, 5) is 12.0. The molecule has 1 amide bonds. The number of carbonyl (C=O) groups is 1. The van der Waals surface area contributed by atoms with E-state index in [9.17, 15) is 9.90 Å². The monoisotopic (exact) mass is 335 g/mol. The van der Waals surface area contributed by atoms with E-state index in [1.165, 1.54) is 11.1 Å². The molecular weight excluding hydrogens is 306 g/mol. The summed E-state index contributed by atoms with van der Waals surface area (Å²) in [5.41, 5.74) is 1.95. The molecule has 4 heteroatoms. The lowest BCUT2D eigenvalue weighted by Crippen LogP contribution is -2.45. The van der Waals surface area contributed by atoms with Crippen LogP contribution in [0.1, 0.15) is 51.2 Å². The van der Waals surface area contributed by atoms with E-state index >= 15 is 0 Å². The molecule has 1 saturated heterocycles. The van der Waals surface area contributed by atoms with Crippen LogP contribution >= 0.6 is 11.8 Å². The molecule has 0 saturated carbocycles. The van der Waals surface area contributed by atoms with Gasteiger partial charge in [-0.05, 0) is 47.3 Å². The van der Waals surface area contributed by atoms with Gasteiger partial charge in [0.1, 0.15) is 0 Å². The third-order valence-corrected chi connectivity index (χ3v) is 5.48. The van der Waals surface area contributed by atoms with Gasteiger partial charge in [-0.15, -0.1) is 0 Å². The summed E-state index contributed by atoms with van der Waals surface area (Å²) >= 11 is 1.87. The lowest BCUT2D eigenvalue weighted by atomic mass is 9.86. The number of benzene rings is 1. The molecule has 23 heavy (non-hydrogen) atoms. The number of aryl methyl sites for hydroxylation is 1. The molecule has 0 spiro atoms. The summed E-state index contributed by atoms with van der Waals surface area (Å²) in [5, 5.41) is 13.3. The van der Waals surface area contributed by atoms with Crippen molar-refractivity contribution in [2.45, 2.75) is 57.5 Å². The van der Waals surface area contributed by atoms with Gasteiger partial charge in [-0.3, -0.25) is 4.79 Å². The Hall–Kier alpha value is -1.00. The van der Waals surface area contributed by atoms with E-state index in [0.29, 0.717) is 13.0 Å². The van der Waals surface area contributed by atoms with Gasteiger partial charge in [-0.25, -0.2) is 0 Å². The average molecular weight is 336 g/mol. The van der Waals surface area contributed by atoms with Crippen molar-refractivity contribution < 1.29 is 9.90 Å². The minimum atomic E-state index is -0.699. The fourth-order valence-corrected chi connectivity index (χ4v) is 3.96. The van der Waals surface area contributed by atoms with Crippen LogP contribution in [0.5, 0.6) is 0 Å². The van der Waals surface area contributed by atoms with Crippen LogP contribution in [0.4, 0.5) is 0 Å². The Morgan fingerprint density at radius 1 is 1.22 bits per heavy atom. The molecule has 0 aromatic heterocycles. The zero-order valence-corrected chi connectivity index (χ0v) is 15.3. The average Bonchev–Trinajstić information content (AvgIpc) is 2.51. The van der Waals surface area contributed by atoms with E-state index in [0.717, 1.165) is 30.8 Å². The number of nitrogens with one attached hydrogen (secondary N) is 1. The molecule has 1 aromatic rings. The van der Waals surface area contributed by atoms with Crippen molar-refractivity contribution in [1.29, 1.82) is 0 Å². The number of carbonyl (C=O) groups excluding carboxylic acids is 1. The SMILES string of the molecule is CC(C)(C)c1ccc(CCC(=O)NCC2(O)CCSCC2)cc1. The molecule has 2 N–H and O–H groups in total. The smallest absolute Gasteiger partial charge is 0.220 e. The molecule has 0 radical (unpaired) electrons. The summed E-state index contributed by atoms with van der Waals surface area (Å²) in [7, 11) is 0. The van der Waals surface area contributed by atoms with E-state index in [4.69, 9.17) is 0 Å². The zero-order chi connectivity index (χ0) is 16.9. The van der Waals surface area contributed by atoms with Crippen LogP contribution in [0.25, 0.3) is 0 Å². The maximum atomic E-state index is 12.0. The number of hydrogen-bond acceptors (Lipinski definition) is 3. The molecule has 1 aliphatic rings. The summed E-state index contributed by atoms with van der Waals surface area (Å²) in [6.45, 7) is 6.98. The van der Waals surface area contributed by atoms with Crippen molar-refractivity contribution in [2.75, 3.05) is 18.1 Å². The molecule has 2 rings (SSSR count). The zero-order valence-electron chi connectivity index (χ0n) is 14.5. The molecule has 3 nitrogen and oxygen atoms in total. The summed E-state index contributed by atoms with van der Waals surface area (Å²) in [5.74, 6) is 1.98. The molecule has 128 valence electrons. The first-order valence-corrected chi connectivity index (χ1v) is 9.60. The van der Waals surface area contributed by atoms with Crippen molar-refractivity contribution in [2.24, 2.45) is 0 Å². The number of aliphatic hydroxyl groups is 1. The normalized spacial score (nSPS) is 17.7. The molecule has 1 fully saturated rings. The van der Waals surface area contributed by atoms with Crippen molar-refractivity contribution >= 4 is 17.7 Å². The fraction of sp³-hybridized carbons (Fsp3) is 0.632. The first-order valence-electron chi connectivity index (χ1n) is 8.45. The molecule has 1 heterocycles. The highest BCUT2D eigenvalue weighted by atomic mass is 32.2. The van der Waals surface area contributed by atoms with Crippen LogP contribution in [0.15, 0.2) is 24.3 Å². The molecular formula is C19H29NO2S. The second-order valence-corrected chi connectivity index (χ2v) is 8.79. The van der Waals surface area contributed by atoms with Crippen LogP contribution in [0, 0.1) is 0 Å². The molecule has 0 bridgehead atoms. The maximum absolute atomic E-state index is 12.0. The third kappa shape index (κ3) is 5.85. The number of rotatable bonds is 5. The summed E-state index contributed by atoms with van der Waals surface area (Å²) < 4.78 is 0. The van der Waals surface area contributed by atoms with E-state index in [-0.39, 0.29) is 11.3 Å². The Morgan fingerprint density at radius 3 is 2.39 bits per heavy atom. The standard InChI is InChI=1S/C19H29NO2S/c1-18(2,3)16-7-4-15(5-8-16)6-9-17(21)20-14-19(22)10-12-23-13-11-19/h4-5,7-8,22H,6,9-14H2,1-3H3,(H,20,21). The topological polar surface area (TPSA) is 49.3 Å². The van der Waals surface area contributed by atoms with Crippen LogP contribution in [0.3, 0.4) is 0 Å². The van der Waals surface area contributed by atoms with Gasteiger partial charge in [0.2, 0.25) is 5.91 Å². The Morgan fingerprint density at radius 2 is 1.83 bits per heavy atom. The highest BCUT2D eigenvalue weighted by Crippen LogP contribution is 2.26. The second-order valence-electron chi connectivity index (χ2n) is 7.56. The van der Waals surface area contributed by atoms with Gasteiger partial charge in [-0.2, -0.15) is 11.8 Å². The fourth-order valence-electron chi connectivity index (χ4n) is 2.71. The Labute approximate surface area is 144 Å². The van der Waals surface area contributed by atoms with E-state index in [1.807, 2.05) is 11.8 Å². The van der Waals surface area contributed by atoms with Crippen LogP contribution in [-0.2, 0) is 16.6 Å². The largest absolute Gasteiger partial charge is 0.388 e. The van der Waals surface area contributed by atoms with Gasteiger partial charge in [-0.1, -0.05) is 45.0 Å². The molecule has 0 unspecified atom stereocenters. The van der Waals surface area contributed by atoms with E-state index in [2.05, 4.69) is 50.4 Å². The van der Waals surface area contributed by atoms with Crippen LogP contribution in [-0.4, -0.2) is 34.7 Å². The lowest BCUT2D eigenvalue weighted by Gasteiger charge is -2.31. The Balaban J connectivity index is 1.76. The molecule has 0 atom stereocenters. The predicted octanol–water partition coefficient (Wildman–Crippen LogP) is 3.29. The van der Waals surface area contributed by atoms with Gasteiger partial charge in [0, 0.05) is 13.0 Å². The summed E-state index contributed by atoms with van der Waals surface area (Å²) in [6, 6.07) is 8.52. The quantitative estimate of drug-likeness (QED) is 0.868. The van der Waals surface area contributed by atoms with Gasteiger partial charge >= 0.3 is 0 Å². The van der Waals surface area contributed by atoms with E-state index in [1.54, 1.807) is 0 Å². The van der Waals surface area contributed by atoms with Gasteiger partial charge < -0.3 is 10.4 Å². The van der Waals surface area contributed by atoms with Crippen LogP contribution < -0.4 is 5.32 Å². The number of thioether (sulfide) groups is 1. The van der Waals surface area contributed by atoms with E-state index < -0.39 is 5.60 Å². The molecule has 1 aliphatic heterocycles. The molecule has 1 aromatic carbocycles. The minimum absolute atomic E-state index is 0.0246. The first-order chi connectivity index (χ1) is 10.8. The minimum Gasteiger partial charge on any atom is -0.388 e. The van der Waals surface area contributed by atoms with Crippen molar-refractivity contribution in [3.05, 3.63) is 35.4 Å². The number of hydrogen-bond donors (Lipinski definition) is 2. The van der Waals surface area contributed by atoms with Crippen LogP contribution in [0.2, 0.25) is 0 Å². The van der Waals surface area contributed by atoms with Gasteiger partial charge in [0.15, 0.2) is 0 Å². The predicted molar refractivity (Wildman–Crippen MR) is 98.0 cm³/mol. The molecule has 0 aliphatic carbocycles.